The number of fused-ring (bicyclic) bond motifs is 2. The summed E-state index contributed by atoms with van der Waals surface area (Å²) in [6.07, 6.45) is -3.87. The van der Waals surface area contributed by atoms with E-state index in [1.807, 2.05) is 24.3 Å². The molecule has 0 spiro atoms. The second kappa shape index (κ2) is 5.70. The molecule has 136 valence electrons. The van der Waals surface area contributed by atoms with Crippen molar-refractivity contribution in [2.75, 3.05) is 0 Å². The Bertz CT molecular complexity index is 1270. The lowest BCUT2D eigenvalue weighted by Crippen LogP contribution is -2.17. The van der Waals surface area contributed by atoms with E-state index in [-0.39, 0.29) is 5.69 Å². The third kappa shape index (κ3) is 2.73. The molecular weight excluding hydrogens is 363 g/mol. The molecule has 0 aliphatic heterocycles. The number of halogens is 3. The van der Waals surface area contributed by atoms with Crippen molar-refractivity contribution in [3.05, 3.63) is 70.3 Å². The third-order valence-corrected chi connectivity index (χ3v) is 4.17. The molecule has 0 atom stereocenters. The van der Waals surface area contributed by atoms with Gasteiger partial charge in [-0.25, -0.2) is 9.31 Å². The van der Waals surface area contributed by atoms with Crippen LogP contribution in [0.5, 0.6) is 0 Å². The molecule has 0 saturated carbocycles. The summed E-state index contributed by atoms with van der Waals surface area (Å²) in [7, 11) is 0. The number of carboxylic acid groups (broad SMARTS) is 1. The smallest absolute Gasteiger partial charge is 0.421 e. The van der Waals surface area contributed by atoms with E-state index in [0.717, 1.165) is 10.8 Å². The molecule has 2 heterocycles. The van der Waals surface area contributed by atoms with Gasteiger partial charge in [0, 0.05) is 5.56 Å². The van der Waals surface area contributed by atoms with Crippen LogP contribution in [0.1, 0.15) is 16.1 Å². The van der Waals surface area contributed by atoms with E-state index in [0.29, 0.717) is 10.1 Å². The summed E-state index contributed by atoms with van der Waals surface area (Å²) in [6.45, 7) is 0. The summed E-state index contributed by atoms with van der Waals surface area (Å²) in [6, 6.07) is 12.7. The number of hydrogen-bond acceptors (Lipinski definition) is 3. The maximum Gasteiger partial charge on any atom is 0.421 e. The maximum absolute atomic E-state index is 13.3. The van der Waals surface area contributed by atoms with Gasteiger partial charge in [0.1, 0.15) is 11.1 Å². The topological polar surface area (TPSA) is 87.5 Å². The molecule has 2 aromatic heterocycles. The number of carbonyl (C=O) groups is 1. The van der Waals surface area contributed by atoms with Gasteiger partial charge in [-0.2, -0.15) is 18.3 Å². The molecular formula is C18H10F3N3O3. The Morgan fingerprint density at radius 2 is 1.81 bits per heavy atom. The number of H-pyrrole nitrogens is 1. The molecule has 9 heteroatoms. The van der Waals surface area contributed by atoms with E-state index >= 15 is 0 Å². The lowest BCUT2D eigenvalue weighted by molar-refractivity contribution is -0.136. The van der Waals surface area contributed by atoms with Gasteiger partial charge in [-0.15, -0.1) is 0 Å². The van der Waals surface area contributed by atoms with Gasteiger partial charge in [0.2, 0.25) is 0 Å². The van der Waals surface area contributed by atoms with Gasteiger partial charge in [-0.1, -0.05) is 36.4 Å². The number of nitrogens with one attached hydrogen (secondary N) is 1. The van der Waals surface area contributed by atoms with Crippen LogP contribution in [0, 0.1) is 0 Å². The molecule has 0 aliphatic carbocycles. The fourth-order valence-corrected chi connectivity index (χ4v) is 3.00. The quantitative estimate of drug-likeness (QED) is 0.562. The molecule has 0 saturated heterocycles. The Balaban J connectivity index is 1.99. The summed E-state index contributed by atoms with van der Waals surface area (Å²) in [5, 5.41) is 14.3. The zero-order valence-electron chi connectivity index (χ0n) is 13.4. The Hall–Kier alpha value is -3.62. The van der Waals surface area contributed by atoms with Crippen LogP contribution in [0.3, 0.4) is 0 Å². The van der Waals surface area contributed by atoms with E-state index in [1.54, 1.807) is 18.2 Å². The molecule has 0 bridgehead atoms. The largest absolute Gasteiger partial charge is 0.476 e. The summed E-state index contributed by atoms with van der Waals surface area (Å²) < 4.78 is 40.5. The number of carboxylic acids is 1. The second-order valence-corrected chi connectivity index (χ2v) is 5.88. The highest BCUT2D eigenvalue weighted by atomic mass is 19.4. The second-order valence-electron chi connectivity index (χ2n) is 5.88. The minimum atomic E-state index is -5.03. The van der Waals surface area contributed by atoms with Crippen molar-refractivity contribution in [2.24, 2.45) is 0 Å². The number of rotatable bonds is 2. The fourth-order valence-electron chi connectivity index (χ4n) is 3.00. The maximum atomic E-state index is 13.3. The number of alkyl halides is 3. The average molecular weight is 373 g/mol. The Morgan fingerprint density at radius 1 is 1.11 bits per heavy atom. The standard InChI is InChI=1S/C18H10F3N3O3/c19-18(20,21)13-14(17(26)27)23-24-8-12(22-16(25)15(13)24)11-6-5-9-3-1-2-4-10(9)7-11/h1-8H,(H,22,25)(H,26,27). The first-order chi connectivity index (χ1) is 12.8. The van der Waals surface area contributed by atoms with Gasteiger partial charge in [0.15, 0.2) is 5.69 Å². The molecule has 6 nitrogen and oxygen atoms in total. The minimum Gasteiger partial charge on any atom is -0.476 e. The van der Waals surface area contributed by atoms with Gasteiger partial charge < -0.3 is 10.1 Å². The van der Waals surface area contributed by atoms with Crippen LogP contribution in [0.25, 0.3) is 27.5 Å². The molecule has 4 aromatic rings. The summed E-state index contributed by atoms with van der Waals surface area (Å²) in [4.78, 5) is 25.9. The summed E-state index contributed by atoms with van der Waals surface area (Å²) in [5.74, 6) is -1.86. The molecule has 0 fully saturated rings. The number of aromatic nitrogens is 3. The van der Waals surface area contributed by atoms with Crippen LogP contribution in [-0.2, 0) is 6.18 Å². The van der Waals surface area contributed by atoms with Crippen LogP contribution in [-0.4, -0.2) is 25.7 Å². The Kier molecular flexibility index (Phi) is 3.55. The summed E-state index contributed by atoms with van der Waals surface area (Å²) in [5.41, 5.74) is -3.96. The predicted molar refractivity (Wildman–Crippen MR) is 90.7 cm³/mol. The van der Waals surface area contributed by atoms with Crippen LogP contribution >= 0.6 is 0 Å². The van der Waals surface area contributed by atoms with Crippen molar-refractivity contribution < 1.29 is 23.1 Å². The van der Waals surface area contributed by atoms with Crippen molar-refractivity contribution in [3.8, 4) is 11.3 Å². The predicted octanol–water partition coefficient (Wildman–Crippen LogP) is 3.56. The zero-order chi connectivity index (χ0) is 19.3. The number of hydrogen-bond donors (Lipinski definition) is 2. The lowest BCUT2D eigenvalue weighted by Gasteiger charge is -2.07. The average Bonchev–Trinajstić information content (AvgIpc) is 3.02. The van der Waals surface area contributed by atoms with Crippen LogP contribution in [0.4, 0.5) is 13.2 Å². The first-order valence-electron chi connectivity index (χ1n) is 7.71. The normalized spacial score (nSPS) is 12.0. The van der Waals surface area contributed by atoms with Crippen LogP contribution < -0.4 is 5.56 Å². The third-order valence-electron chi connectivity index (χ3n) is 4.17. The highest BCUT2D eigenvalue weighted by Crippen LogP contribution is 2.34. The molecule has 4 rings (SSSR count). The van der Waals surface area contributed by atoms with Gasteiger partial charge >= 0.3 is 12.1 Å². The van der Waals surface area contributed by atoms with Gasteiger partial charge in [-0.05, 0) is 16.8 Å². The molecule has 0 aliphatic rings. The number of nitrogens with zero attached hydrogens (tertiary/aromatic N) is 2. The van der Waals surface area contributed by atoms with Crippen molar-refractivity contribution >= 4 is 22.3 Å². The first-order valence-corrected chi connectivity index (χ1v) is 7.71. The van der Waals surface area contributed by atoms with E-state index in [1.165, 1.54) is 6.20 Å². The summed E-state index contributed by atoms with van der Waals surface area (Å²) >= 11 is 0. The van der Waals surface area contributed by atoms with Gasteiger partial charge in [0.25, 0.3) is 5.56 Å². The molecule has 27 heavy (non-hydrogen) atoms. The number of aromatic amines is 1. The zero-order valence-corrected chi connectivity index (χ0v) is 13.4. The van der Waals surface area contributed by atoms with E-state index in [2.05, 4.69) is 10.1 Å². The first kappa shape index (κ1) is 16.8. The van der Waals surface area contributed by atoms with Crippen molar-refractivity contribution in [3.63, 3.8) is 0 Å². The fraction of sp³-hybridized carbons (Fsp3) is 0.0556. The Morgan fingerprint density at radius 3 is 2.48 bits per heavy atom. The highest BCUT2D eigenvalue weighted by Gasteiger charge is 2.41. The SMILES string of the molecule is O=C(O)c1nn2cc(-c3ccc4ccccc4c3)[nH]c(=O)c2c1C(F)(F)F. The van der Waals surface area contributed by atoms with Crippen LogP contribution in [0.2, 0.25) is 0 Å². The monoisotopic (exact) mass is 373 g/mol. The van der Waals surface area contributed by atoms with Crippen molar-refractivity contribution in [1.82, 2.24) is 14.6 Å². The van der Waals surface area contributed by atoms with E-state index < -0.39 is 34.5 Å². The van der Waals surface area contributed by atoms with E-state index in [9.17, 15) is 22.8 Å². The number of aromatic carboxylic acids is 1. The van der Waals surface area contributed by atoms with Gasteiger partial charge in [0.05, 0.1) is 11.9 Å². The minimum absolute atomic E-state index is 0.214. The van der Waals surface area contributed by atoms with Crippen LogP contribution in [0.15, 0.2) is 53.5 Å². The van der Waals surface area contributed by atoms with Crippen molar-refractivity contribution in [1.29, 1.82) is 0 Å². The van der Waals surface area contributed by atoms with Crippen molar-refractivity contribution in [2.45, 2.75) is 6.18 Å². The molecule has 0 radical (unpaired) electrons. The molecule has 2 aromatic carbocycles. The Labute approximate surface area is 148 Å². The highest BCUT2D eigenvalue weighted by molar-refractivity contribution is 5.90. The van der Waals surface area contributed by atoms with Gasteiger partial charge in [-0.3, -0.25) is 4.79 Å². The molecule has 0 unspecified atom stereocenters. The lowest BCUT2D eigenvalue weighted by atomic mass is 10.1. The number of benzene rings is 2. The molecule has 0 amide bonds. The van der Waals surface area contributed by atoms with E-state index in [4.69, 9.17) is 5.11 Å². The molecule has 2 N–H and O–H groups in total.